The van der Waals surface area contributed by atoms with Crippen LogP contribution in [0.15, 0.2) is 0 Å². The molecule has 0 amide bonds. The van der Waals surface area contributed by atoms with Crippen LogP contribution >= 0.6 is 10.3 Å². The van der Waals surface area contributed by atoms with Gasteiger partial charge >= 0.3 is 57.1 Å². The number of rotatable bonds is 16. The zero-order valence-corrected chi connectivity index (χ0v) is 24.0. The van der Waals surface area contributed by atoms with Crippen molar-refractivity contribution in [3.05, 3.63) is 0 Å². The molecule has 0 radical (unpaired) electrons. The predicted octanol–water partition coefficient (Wildman–Crippen LogP) is 7.92. The molecule has 1 rings (SSSR count). The number of hydrogen-bond donors (Lipinski definition) is 0. The maximum atomic E-state index is 14.6. The van der Waals surface area contributed by atoms with Crippen molar-refractivity contribution in [2.75, 3.05) is 17.3 Å². The van der Waals surface area contributed by atoms with Crippen molar-refractivity contribution in [2.24, 2.45) is 0 Å². The van der Waals surface area contributed by atoms with E-state index in [2.05, 4.69) is 3.63 Å². The van der Waals surface area contributed by atoms with Gasteiger partial charge in [-0.05, 0) is 6.42 Å². The number of halogens is 17. The summed E-state index contributed by atoms with van der Waals surface area (Å²) in [5.74, 6) is -57.2. The number of carbonyl (C=O) groups excluding carboxylic acids is 2. The maximum Gasteiger partial charge on any atom is 0.460 e. The average molecular weight is 743 g/mol. The Bertz CT molecular complexity index is 1190. The third-order valence-electron chi connectivity index (χ3n) is 6.48. The Morgan fingerprint density at radius 1 is 0.667 bits per heavy atom. The first kappa shape index (κ1) is 41.4. The highest BCUT2D eigenvalue weighted by atomic mass is 32.3. The number of unbranched alkanes of at least 4 members (excludes halogenated alkanes) is 3. The number of alkyl halides is 17. The van der Waals surface area contributed by atoms with Crippen LogP contribution in [0.3, 0.4) is 0 Å². The summed E-state index contributed by atoms with van der Waals surface area (Å²) in [5.41, 5.74) is 0. The van der Waals surface area contributed by atoms with Gasteiger partial charge < -0.3 is 0 Å². The van der Waals surface area contributed by atoms with Crippen molar-refractivity contribution >= 4 is 32.0 Å². The lowest BCUT2D eigenvalue weighted by Crippen LogP contribution is -2.75. The van der Waals surface area contributed by atoms with Crippen molar-refractivity contribution in [1.82, 2.24) is 0 Å². The molecule has 24 heteroatoms. The highest BCUT2D eigenvalue weighted by Gasteiger charge is 2.96. The Balaban J connectivity index is 3.61. The molecule has 0 atom stereocenters. The first-order valence-corrected chi connectivity index (χ1v) is 15.7. The fourth-order valence-corrected chi connectivity index (χ4v) is 9.18. The standard InChI is InChI=1S/C21H23F17O5S2/c1-2-3-4-5-6-13(40)11-44(9-7-12(39)8-10-44)43-45(41,42)21(37,38)19(32,33)17(28,29)15(24,25)14(22,23)16(26,27)18(30,31)20(34,35)36/h2-11H2,1H3. The second kappa shape index (κ2) is 12.8. The SMILES string of the molecule is CCCCCCC(=O)CS1(OS(=O)(=O)C(F)(F)C(F)(F)C(F)(F)C(F)(F)C(F)(F)C(F)(F)C(F)(F)C(F)(F)F)CCC(=O)CC1. The molecule has 0 N–H and O–H groups in total. The molecule has 1 aliphatic rings. The number of carbonyl (C=O) groups is 2. The third-order valence-corrected chi connectivity index (χ3v) is 12.0. The van der Waals surface area contributed by atoms with Crippen molar-refractivity contribution in [3.63, 3.8) is 0 Å². The van der Waals surface area contributed by atoms with Gasteiger partial charge in [0.05, 0.1) is 5.75 Å². The Morgan fingerprint density at radius 3 is 1.47 bits per heavy atom. The van der Waals surface area contributed by atoms with E-state index in [4.69, 9.17) is 0 Å². The smallest absolute Gasteiger partial charge is 0.300 e. The molecule has 0 aromatic rings. The van der Waals surface area contributed by atoms with E-state index in [9.17, 15) is 92.6 Å². The van der Waals surface area contributed by atoms with Crippen LogP contribution in [-0.2, 0) is 23.3 Å². The van der Waals surface area contributed by atoms with Crippen LogP contribution in [-0.4, -0.2) is 84.2 Å². The zero-order chi connectivity index (χ0) is 35.9. The average Bonchev–Trinajstić information content (AvgIpc) is 2.86. The summed E-state index contributed by atoms with van der Waals surface area (Å²) in [6.45, 7) is 1.75. The van der Waals surface area contributed by atoms with Gasteiger partial charge in [0.25, 0.3) is 0 Å². The van der Waals surface area contributed by atoms with Crippen molar-refractivity contribution in [1.29, 1.82) is 0 Å². The molecular formula is C21H23F17O5S2. The van der Waals surface area contributed by atoms with Gasteiger partial charge in [0.2, 0.25) is 0 Å². The van der Waals surface area contributed by atoms with Crippen LogP contribution in [0.5, 0.6) is 0 Å². The fraction of sp³-hybridized carbons (Fsp3) is 0.905. The van der Waals surface area contributed by atoms with Crippen LogP contribution < -0.4 is 0 Å². The van der Waals surface area contributed by atoms with Gasteiger partial charge in [-0.25, -0.2) is 3.63 Å². The summed E-state index contributed by atoms with van der Waals surface area (Å²) in [6, 6.07) is 0. The monoisotopic (exact) mass is 742 g/mol. The van der Waals surface area contributed by atoms with E-state index in [1.165, 1.54) is 0 Å². The van der Waals surface area contributed by atoms with E-state index >= 15 is 0 Å². The van der Waals surface area contributed by atoms with Crippen LogP contribution in [0.2, 0.25) is 0 Å². The molecule has 1 aliphatic heterocycles. The van der Waals surface area contributed by atoms with Crippen LogP contribution in [0.1, 0.15) is 51.9 Å². The van der Waals surface area contributed by atoms with Gasteiger partial charge in [-0.3, -0.25) is 9.59 Å². The van der Waals surface area contributed by atoms with E-state index < -0.39 is 115 Å². The van der Waals surface area contributed by atoms with E-state index in [0.717, 1.165) is 0 Å². The highest BCUT2D eigenvalue weighted by Crippen LogP contribution is 2.65. The minimum Gasteiger partial charge on any atom is -0.300 e. The van der Waals surface area contributed by atoms with Gasteiger partial charge in [-0.15, -0.1) is 10.3 Å². The van der Waals surface area contributed by atoms with E-state index in [0.29, 0.717) is 19.3 Å². The normalized spacial score (nSPS) is 19.0. The second-order valence-corrected chi connectivity index (χ2v) is 14.9. The first-order chi connectivity index (χ1) is 19.8. The van der Waals surface area contributed by atoms with E-state index in [1.54, 1.807) is 6.92 Å². The van der Waals surface area contributed by atoms with Crippen molar-refractivity contribution in [2.45, 2.75) is 98.8 Å². The Kier molecular flexibility index (Phi) is 11.8. The summed E-state index contributed by atoms with van der Waals surface area (Å²) in [7, 11) is -11.9. The molecule has 0 aromatic heterocycles. The molecular weight excluding hydrogens is 719 g/mol. The third kappa shape index (κ3) is 7.01. The largest absolute Gasteiger partial charge is 0.460 e. The first-order valence-electron chi connectivity index (χ1n) is 12.2. The summed E-state index contributed by atoms with van der Waals surface area (Å²) < 4.78 is 259. The molecule has 1 saturated heterocycles. The maximum absolute atomic E-state index is 14.6. The molecule has 1 fully saturated rings. The van der Waals surface area contributed by atoms with Gasteiger partial charge in [0.1, 0.15) is 11.6 Å². The fourth-order valence-electron chi connectivity index (χ4n) is 3.72. The lowest BCUT2D eigenvalue weighted by atomic mass is 9.91. The lowest BCUT2D eigenvalue weighted by molar-refractivity contribution is -0.458. The molecule has 45 heavy (non-hydrogen) atoms. The molecule has 0 spiro atoms. The van der Waals surface area contributed by atoms with Crippen molar-refractivity contribution in [3.8, 4) is 0 Å². The molecule has 0 saturated carbocycles. The number of hydrogen-bond acceptors (Lipinski definition) is 5. The van der Waals surface area contributed by atoms with Gasteiger partial charge in [-0.1, -0.05) is 26.2 Å². The van der Waals surface area contributed by atoms with E-state index in [-0.39, 0.29) is 6.42 Å². The molecule has 0 aliphatic carbocycles. The molecule has 0 bridgehead atoms. The topological polar surface area (TPSA) is 77.5 Å². The summed E-state index contributed by atoms with van der Waals surface area (Å²) in [4.78, 5) is 23.9. The molecule has 5 nitrogen and oxygen atoms in total. The summed E-state index contributed by atoms with van der Waals surface area (Å²) >= 11 is 0. The van der Waals surface area contributed by atoms with Gasteiger partial charge in [-0.2, -0.15) is 83.1 Å². The zero-order valence-electron chi connectivity index (χ0n) is 22.4. The number of Topliss-reactive ketones (excluding diaryl/α,β-unsaturated/α-hetero) is 2. The summed E-state index contributed by atoms with van der Waals surface area (Å²) in [5, 5.41) is -7.84. The number of ketones is 2. The van der Waals surface area contributed by atoms with Crippen LogP contribution in [0.4, 0.5) is 74.6 Å². The second-order valence-electron chi connectivity index (χ2n) is 9.89. The molecule has 0 unspecified atom stereocenters. The Labute approximate surface area is 244 Å². The summed E-state index contributed by atoms with van der Waals surface area (Å²) in [6.07, 6.45) is -8.14. The Morgan fingerprint density at radius 2 is 1.07 bits per heavy atom. The molecule has 0 aromatic carbocycles. The predicted molar refractivity (Wildman–Crippen MR) is 121 cm³/mol. The Hall–Kier alpha value is -1.59. The van der Waals surface area contributed by atoms with E-state index in [1.807, 2.05) is 0 Å². The molecule has 1 heterocycles. The molecule has 268 valence electrons. The van der Waals surface area contributed by atoms with Gasteiger partial charge in [0, 0.05) is 30.8 Å². The highest BCUT2D eigenvalue weighted by molar-refractivity contribution is 8.33. The van der Waals surface area contributed by atoms with Crippen LogP contribution in [0.25, 0.3) is 0 Å². The minimum absolute atomic E-state index is 0.107. The minimum atomic E-state index is -8.96. The van der Waals surface area contributed by atoms with Crippen LogP contribution in [0, 0.1) is 0 Å². The lowest BCUT2D eigenvalue weighted by Gasteiger charge is -2.44. The van der Waals surface area contributed by atoms with Crippen molar-refractivity contribution < 1.29 is 96.3 Å². The van der Waals surface area contributed by atoms with Gasteiger partial charge in [0.15, 0.2) is 0 Å². The quantitative estimate of drug-likeness (QED) is 0.119.